The number of rotatable bonds is 6. The molecule has 3 rings (SSSR count). The molecule has 132 valence electrons. The molecule has 3 aromatic rings. The number of aromatic nitrogens is 1. The monoisotopic (exact) mass is 348 g/mol. The summed E-state index contributed by atoms with van der Waals surface area (Å²) in [6.45, 7) is 0. The standard InChI is InChI=1S/C20H20N4O2/c1-24(2)20(25)11-15-3-5-16(6-4-15)12-22-23-18-9-7-17(8-10-18)19-13-21-14-26-19/h3-10,12-14,23H,11H2,1-2H3. The van der Waals surface area contributed by atoms with E-state index in [2.05, 4.69) is 15.5 Å². The largest absolute Gasteiger partial charge is 0.444 e. The molecule has 6 nitrogen and oxygen atoms in total. The van der Waals surface area contributed by atoms with Gasteiger partial charge in [0.15, 0.2) is 12.2 Å². The molecule has 0 bridgehead atoms. The maximum Gasteiger partial charge on any atom is 0.226 e. The molecule has 26 heavy (non-hydrogen) atoms. The fraction of sp³-hybridized carbons (Fsp3) is 0.150. The van der Waals surface area contributed by atoms with Gasteiger partial charge in [-0.3, -0.25) is 10.2 Å². The fourth-order valence-corrected chi connectivity index (χ4v) is 2.30. The van der Waals surface area contributed by atoms with Crippen molar-refractivity contribution in [2.75, 3.05) is 19.5 Å². The minimum Gasteiger partial charge on any atom is -0.444 e. The molecule has 1 aromatic heterocycles. The first-order valence-corrected chi connectivity index (χ1v) is 8.19. The van der Waals surface area contributed by atoms with Gasteiger partial charge in [0.05, 0.1) is 24.5 Å². The van der Waals surface area contributed by atoms with Gasteiger partial charge in [0, 0.05) is 19.7 Å². The Bertz CT molecular complexity index is 867. The van der Waals surface area contributed by atoms with Crippen molar-refractivity contribution in [2.45, 2.75) is 6.42 Å². The van der Waals surface area contributed by atoms with Gasteiger partial charge in [0.1, 0.15) is 0 Å². The number of anilines is 1. The van der Waals surface area contributed by atoms with E-state index in [9.17, 15) is 4.79 Å². The summed E-state index contributed by atoms with van der Waals surface area (Å²) in [4.78, 5) is 17.2. The Balaban J connectivity index is 1.56. The number of carbonyl (C=O) groups is 1. The first-order valence-electron chi connectivity index (χ1n) is 8.19. The summed E-state index contributed by atoms with van der Waals surface area (Å²) in [7, 11) is 3.51. The number of nitrogens with zero attached hydrogens (tertiary/aromatic N) is 3. The van der Waals surface area contributed by atoms with Gasteiger partial charge in [0.2, 0.25) is 5.91 Å². The van der Waals surface area contributed by atoms with Gasteiger partial charge in [-0.05, 0) is 35.4 Å². The molecule has 0 aliphatic rings. The molecule has 6 heteroatoms. The van der Waals surface area contributed by atoms with E-state index in [4.69, 9.17) is 4.42 Å². The number of likely N-dealkylation sites (N-methyl/N-ethyl adjacent to an activating group) is 1. The molecule has 0 radical (unpaired) electrons. The minimum atomic E-state index is 0.0851. The van der Waals surface area contributed by atoms with E-state index in [0.29, 0.717) is 6.42 Å². The zero-order valence-corrected chi connectivity index (χ0v) is 14.7. The van der Waals surface area contributed by atoms with Crippen molar-refractivity contribution >= 4 is 17.8 Å². The molecule has 2 aromatic carbocycles. The highest BCUT2D eigenvalue weighted by atomic mass is 16.3. The number of carbonyl (C=O) groups excluding carboxylic acids is 1. The van der Waals surface area contributed by atoms with Crippen LogP contribution in [-0.2, 0) is 11.2 Å². The molecule has 1 heterocycles. The first-order chi connectivity index (χ1) is 12.6. The van der Waals surface area contributed by atoms with Crippen molar-refractivity contribution in [3.63, 3.8) is 0 Å². The molecule has 1 N–H and O–H groups in total. The van der Waals surface area contributed by atoms with E-state index in [-0.39, 0.29) is 5.91 Å². The first kappa shape index (κ1) is 17.4. The molecule has 0 aliphatic heterocycles. The molecular weight excluding hydrogens is 328 g/mol. The predicted molar refractivity (Wildman–Crippen MR) is 102 cm³/mol. The van der Waals surface area contributed by atoms with Gasteiger partial charge < -0.3 is 9.32 Å². The van der Waals surface area contributed by atoms with Crippen LogP contribution in [0, 0.1) is 0 Å². The lowest BCUT2D eigenvalue weighted by Crippen LogP contribution is -2.23. The minimum absolute atomic E-state index is 0.0851. The summed E-state index contributed by atoms with van der Waals surface area (Å²) in [6.07, 6.45) is 5.23. The number of hydrogen-bond acceptors (Lipinski definition) is 5. The average molecular weight is 348 g/mol. The molecule has 0 aliphatic carbocycles. The van der Waals surface area contributed by atoms with Crippen LogP contribution < -0.4 is 5.43 Å². The van der Waals surface area contributed by atoms with E-state index in [0.717, 1.165) is 28.1 Å². The zero-order chi connectivity index (χ0) is 18.4. The van der Waals surface area contributed by atoms with Crippen molar-refractivity contribution in [3.05, 3.63) is 72.2 Å². The molecule has 0 atom stereocenters. The summed E-state index contributed by atoms with van der Waals surface area (Å²) in [5, 5.41) is 4.24. The maximum atomic E-state index is 11.7. The lowest BCUT2D eigenvalue weighted by molar-refractivity contribution is -0.127. The van der Waals surface area contributed by atoms with Crippen LogP contribution in [0.3, 0.4) is 0 Å². The molecule has 0 spiro atoms. The van der Waals surface area contributed by atoms with E-state index in [1.54, 1.807) is 31.4 Å². The Kier molecular flexibility index (Phi) is 5.43. The van der Waals surface area contributed by atoms with E-state index >= 15 is 0 Å². The molecule has 0 unspecified atom stereocenters. The smallest absolute Gasteiger partial charge is 0.226 e. The van der Waals surface area contributed by atoms with Gasteiger partial charge in [-0.15, -0.1) is 0 Å². The average Bonchev–Trinajstić information content (AvgIpc) is 3.18. The summed E-state index contributed by atoms with van der Waals surface area (Å²) >= 11 is 0. The molecular formula is C20H20N4O2. The van der Waals surface area contributed by atoms with Crippen LogP contribution >= 0.6 is 0 Å². The van der Waals surface area contributed by atoms with Crippen LogP contribution in [0.4, 0.5) is 5.69 Å². The Labute approximate surface area is 152 Å². The normalized spacial score (nSPS) is 10.8. The van der Waals surface area contributed by atoms with Gasteiger partial charge in [-0.25, -0.2) is 4.98 Å². The third kappa shape index (κ3) is 4.57. The number of oxazole rings is 1. The van der Waals surface area contributed by atoms with Crippen LogP contribution in [0.1, 0.15) is 11.1 Å². The van der Waals surface area contributed by atoms with Crippen molar-refractivity contribution < 1.29 is 9.21 Å². The van der Waals surface area contributed by atoms with Crippen molar-refractivity contribution in [1.82, 2.24) is 9.88 Å². The van der Waals surface area contributed by atoms with Crippen molar-refractivity contribution in [1.29, 1.82) is 0 Å². The van der Waals surface area contributed by atoms with Gasteiger partial charge in [-0.2, -0.15) is 5.10 Å². The Hall–Kier alpha value is -3.41. The van der Waals surface area contributed by atoms with Crippen LogP contribution in [0.2, 0.25) is 0 Å². The number of hydrogen-bond donors (Lipinski definition) is 1. The Morgan fingerprint density at radius 3 is 2.50 bits per heavy atom. The third-order valence-corrected chi connectivity index (χ3v) is 3.84. The lowest BCUT2D eigenvalue weighted by atomic mass is 10.1. The van der Waals surface area contributed by atoms with Crippen molar-refractivity contribution in [2.24, 2.45) is 5.10 Å². The van der Waals surface area contributed by atoms with Crippen LogP contribution in [-0.4, -0.2) is 36.1 Å². The Morgan fingerprint density at radius 1 is 1.15 bits per heavy atom. The predicted octanol–water partition coefficient (Wildman–Crippen LogP) is 3.42. The summed E-state index contributed by atoms with van der Waals surface area (Å²) in [5.74, 6) is 0.815. The Morgan fingerprint density at radius 2 is 1.88 bits per heavy atom. The second-order valence-corrected chi connectivity index (χ2v) is 6.02. The second kappa shape index (κ2) is 8.11. The SMILES string of the molecule is CN(C)C(=O)Cc1ccc(C=NNc2ccc(-c3cnco3)cc2)cc1. The number of amides is 1. The highest BCUT2D eigenvalue weighted by molar-refractivity contribution is 5.81. The maximum absolute atomic E-state index is 11.7. The van der Waals surface area contributed by atoms with Crippen LogP contribution in [0.5, 0.6) is 0 Å². The quantitative estimate of drug-likeness (QED) is 0.547. The van der Waals surface area contributed by atoms with Gasteiger partial charge in [-0.1, -0.05) is 24.3 Å². The third-order valence-electron chi connectivity index (χ3n) is 3.84. The number of hydrazone groups is 1. The van der Waals surface area contributed by atoms with E-state index in [1.807, 2.05) is 48.5 Å². The summed E-state index contributed by atoms with van der Waals surface area (Å²) in [6, 6.07) is 15.5. The fourth-order valence-electron chi connectivity index (χ4n) is 2.30. The lowest BCUT2D eigenvalue weighted by Gasteiger charge is -2.09. The number of nitrogens with one attached hydrogen (secondary N) is 1. The molecule has 0 fully saturated rings. The zero-order valence-electron chi connectivity index (χ0n) is 14.7. The summed E-state index contributed by atoms with van der Waals surface area (Å²) < 4.78 is 5.26. The molecule has 0 saturated carbocycles. The van der Waals surface area contributed by atoms with E-state index < -0.39 is 0 Å². The van der Waals surface area contributed by atoms with Crippen LogP contribution in [0.25, 0.3) is 11.3 Å². The molecule has 1 amide bonds. The highest BCUT2D eigenvalue weighted by Gasteiger charge is 2.05. The van der Waals surface area contributed by atoms with Gasteiger partial charge >= 0.3 is 0 Å². The van der Waals surface area contributed by atoms with E-state index in [1.165, 1.54) is 6.39 Å². The number of benzene rings is 2. The molecule has 0 saturated heterocycles. The van der Waals surface area contributed by atoms with Crippen molar-refractivity contribution in [3.8, 4) is 11.3 Å². The summed E-state index contributed by atoms with van der Waals surface area (Å²) in [5.41, 5.74) is 6.76. The van der Waals surface area contributed by atoms with Gasteiger partial charge in [0.25, 0.3) is 0 Å². The topological polar surface area (TPSA) is 70.7 Å². The highest BCUT2D eigenvalue weighted by Crippen LogP contribution is 2.20. The van der Waals surface area contributed by atoms with Crippen LogP contribution in [0.15, 0.2) is 70.6 Å². The second-order valence-electron chi connectivity index (χ2n) is 6.02.